The zero-order valence-electron chi connectivity index (χ0n) is 24.1. The minimum absolute atomic E-state index is 0.0144. The third-order valence-electron chi connectivity index (χ3n) is 8.67. The highest BCUT2D eigenvalue weighted by Crippen LogP contribution is 2.55. The molecule has 0 N–H and O–H groups in total. The molecule has 8 heteroatoms. The summed E-state index contributed by atoms with van der Waals surface area (Å²) in [6, 6.07) is 20.9. The molecule has 1 fully saturated rings. The van der Waals surface area contributed by atoms with E-state index in [4.69, 9.17) is 18.9 Å². The maximum atomic E-state index is 14.2. The van der Waals surface area contributed by atoms with Crippen LogP contribution in [0, 0.1) is 0 Å². The Morgan fingerprint density at radius 1 is 0.595 bits per heavy atom. The van der Waals surface area contributed by atoms with E-state index in [0.717, 1.165) is 44.6 Å². The highest BCUT2D eigenvalue weighted by Gasteiger charge is 2.43. The van der Waals surface area contributed by atoms with Gasteiger partial charge < -0.3 is 28.1 Å². The van der Waals surface area contributed by atoms with Crippen LogP contribution in [0.4, 0.5) is 0 Å². The smallest absolute Gasteiger partial charge is 0.259 e. The van der Waals surface area contributed by atoms with Crippen LogP contribution in [0.25, 0.3) is 43.4 Å². The van der Waals surface area contributed by atoms with E-state index >= 15 is 0 Å². The quantitative estimate of drug-likeness (QED) is 0.234. The van der Waals surface area contributed by atoms with Crippen LogP contribution in [0.1, 0.15) is 23.9 Å². The number of benzene rings is 4. The van der Waals surface area contributed by atoms with Crippen LogP contribution in [-0.2, 0) is 7.05 Å². The van der Waals surface area contributed by atoms with Gasteiger partial charge in [0.1, 0.15) is 23.0 Å². The molecule has 2 heterocycles. The van der Waals surface area contributed by atoms with Gasteiger partial charge in [0, 0.05) is 41.9 Å². The Kier molecular flexibility index (Phi) is 5.90. The van der Waals surface area contributed by atoms with Gasteiger partial charge in [0.25, 0.3) is 11.1 Å². The van der Waals surface area contributed by atoms with E-state index in [1.807, 2.05) is 65.2 Å². The lowest BCUT2D eigenvalue weighted by Gasteiger charge is -2.17. The Morgan fingerprint density at radius 2 is 1.14 bits per heavy atom. The minimum Gasteiger partial charge on any atom is -0.497 e. The Bertz CT molecular complexity index is 2200. The summed E-state index contributed by atoms with van der Waals surface area (Å²) in [7, 11) is 8.22. The van der Waals surface area contributed by atoms with Crippen molar-refractivity contribution in [3.05, 3.63) is 93.0 Å². The van der Waals surface area contributed by atoms with Gasteiger partial charge in [-0.2, -0.15) is 0 Å². The van der Waals surface area contributed by atoms with Gasteiger partial charge in [-0.3, -0.25) is 9.59 Å². The second kappa shape index (κ2) is 9.55. The molecule has 0 saturated heterocycles. The van der Waals surface area contributed by atoms with Gasteiger partial charge in [0.2, 0.25) is 0 Å². The SMILES string of the molecule is COc1ccc2c(c1)c(=O)n(C1CC1c1cc(OC)cc3c1c1ccc(OC)cc1c(=O)n3C)c1cc(OC)ccc21. The molecule has 8 nitrogen and oxygen atoms in total. The molecule has 0 aliphatic heterocycles. The number of aromatic nitrogens is 2. The lowest BCUT2D eigenvalue weighted by atomic mass is 9.97. The van der Waals surface area contributed by atoms with Gasteiger partial charge >= 0.3 is 0 Å². The van der Waals surface area contributed by atoms with Crippen molar-refractivity contribution < 1.29 is 18.9 Å². The third kappa shape index (κ3) is 3.75. The third-order valence-corrected chi connectivity index (χ3v) is 8.67. The highest BCUT2D eigenvalue weighted by atomic mass is 16.5. The summed E-state index contributed by atoms with van der Waals surface area (Å²) in [5, 5.41) is 4.84. The number of rotatable bonds is 6. The van der Waals surface area contributed by atoms with Crippen LogP contribution in [0.2, 0.25) is 0 Å². The molecule has 0 spiro atoms. The van der Waals surface area contributed by atoms with E-state index < -0.39 is 0 Å². The van der Waals surface area contributed by atoms with Crippen LogP contribution in [0.3, 0.4) is 0 Å². The maximum Gasteiger partial charge on any atom is 0.259 e. The first-order valence-corrected chi connectivity index (χ1v) is 13.8. The molecule has 42 heavy (non-hydrogen) atoms. The van der Waals surface area contributed by atoms with Crippen LogP contribution < -0.4 is 30.1 Å². The van der Waals surface area contributed by atoms with E-state index in [2.05, 4.69) is 0 Å². The molecule has 0 radical (unpaired) electrons. The van der Waals surface area contributed by atoms with Crippen LogP contribution in [0.5, 0.6) is 23.0 Å². The van der Waals surface area contributed by atoms with E-state index in [-0.39, 0.29) is 23.1 Å². The zero-order chi connectivity index (χ0) is 29.3. The van der Waals surface area contributed by atoms with Gasteiger partial charge in [0.15, 0.2) is 0 Å². The molecule has 212 valence electrons. The Labute approximate surface area is 241 Å². The fraction of sp³-hybridized carbons (Fsp3) is 0.235. The number of fused-ring (bicyclic) bond motifs is 6. The summed E-state index contributed by atoms with van der Waals surface area (Å²) < 4.78 is 25.7. The van der Waals surface area contributed by atoms with Gasteiger partial charge in [-0.05, 0) is 77.4 Å². The lowest BCUT2D eigenvalue weighted by molar-refractivity contribution is 0.414. The number of nitrogens with zero attached hydrogens (tertiary/aromatic N) is 2. The van der Waals surface area contributed by atoms with E-state index in [9.17, 15) is 9.59 Å². The van der Waals surface area contributed by atoms with Crippen molar-refractivity contribution >= 4 is 43.4 Å². The van der Waals surface area contributed by atoms with Crippen molar-refractivity contribution in [1.82, 2.24) is 9.13 Å². The fourth-order valence-electron chi connectivity index (χ4n) is 6.42. The highest BCUT2D eigenvalue weighted by molar-refractivity contribution is 6.09. The Morgan fingerprint density at radius 3 is 1.79 bits per heavy atom. The number of methoxy groups -OCH3 is 4. The average Bonchev–Trinajstić information content (AvgIpc) is 3.82. The van der Waals surface area contributed by atoms with Crippen molar-refractivity contribution in [2.75, 3.05) is 28.4 Å². The first-order chi connectivity index (χ1) is 20.4. The van der Waals surface area contributed by atoms with E-state index in [1.54, 1.807) is 46.1 Å². The minimum atomic E-state index is -0.110. The largest absolute Gasteiger partial charge is 0.497 e. The van der Waals surface area contributed by atoms with Crippen molar-refractivity contribution in [2.45, 2.75) is 18.4 Å². The summed E-state index contributed by atoms with van der Waals surface area (Å²) in [6.07, 6.45) is 0.754. The predicted octanol–water partition coefficient (Wildman–Crippen LogP) is 5.92. The second-order valence-electron chi connectivity index (χ2n) is 10.8. The topological polar surface area (TPSA) is 80.9 Å². The van der Waals surface area contributed by atoms with Crippen molar-refractivity contribution in [3.63, 3.8) is 0 Å². The Balaban J connectivity index is 1.51. The average molecular weight is 563 g/mol. The number of aryl methyl sites for hydroxylation is 1. The van der Waals surface area contributed by atoms with Gasteiger partial charge in [-0.15, -0.1) is 0 Å². The molecule has 0 bridgehead atoms. The summed E-state index contributed by atoms with van der Waals surface area (Å²) in [4.78, 5) is 27.6. The van der Waals surface area contributed by atoms with Crippen LogP contribution >= 0.6 is 0 Å². The molecule has 2 aromatic heterocycles. The van der Waals surface area contributed by atoms with E-state index in [1.165, 1.54) is 0 Å². The summed E-state index contributed by atoms with van der Waals surface area (Å²) in [6.45, 7) is 0. The fourth-order valence-corrected chi connectivity index (χ4v) is 6.42. The monoisotopic (exact) mass is 562 g/mol. The number of ether oxygens (including phenoxy) is 4. The number of pyridine rings is 2. The van der Waals surface area contributed by atoms with Crippen molar-refractivity contribution in [1.29, 1.82) is 0 Å². The second-order valence-corrected chi connectivity index (χ2v) is 10.8. The molecule has 0 amide bonds. The standard InChI is InChI=1S/C34H30N2O6/c1-35-31-16-21(42-5)14-26(32(31)24-11-8-19(40-3)13-28(24)33(35)37)25-17-30(25)36-29-15-20(41-4)7-10-23(29)22-9-6-18(39-2)12-27(22)34(36)38/h6-16,25,30H,17H2,1-5H3. The lowest BCUT2D eigenvalue weighted by Crippen LogP contribution is -2.21. The zero-order valence-corrected chi connectivity index (χ0v) is 24.1. The van der Waals surface area contributed by atoms with Gasteiger partial charge in [0.05, 0.1) is 50.2 Å². The number of hydrogen-bond donors (Lipinski definition) is 0. The normalized spacial score (nSPS) is 16.3. The summed E-state index contributed by atoms with van der Waals surface area (Å²) in [5.74, 6) is 2.61. The van der Waals surface area contributed by atoms with Gasteiger partial charge in [-0.25, -0.2) is 0 Å². The van der Waals surface area contributed by atoms with Crippen LogP contribution in [-0.4, -0.2) is 37.6 Å². The maximum absolute atomic E-state index is 14.2. The van der Waals surface area contributed by atoms with E-state index in [0.29, 0.717) is 33.8 Å². The molecule has 1 aliphatic carbocycles. The molecule has 2 unspecified atom stereocenters. The molecule has 1 aliphatic rings. The molecule has 1 saturated carbocycles. The first-order valence-electron chi connectivity index (χ1n) is 13.8. The van der Waals surface area contributed by atoms with Crippen molar-refractivity contribution in [3.8, 4) is 23.0 Å². The number of hydrogen-bond acceptors (Lipinski definition) is 6. The van der Waals surface area contributed by atoms with Crippen LogP contribution in [0.15, 0.2) is 76.3 Å². The first kappa shape index (κ1) is 26.0. The molecule has 2 atom stereocenters. The summed E-state index contributed by atoms with van der Waals surface area (Å²) >= 11 is 0. The molecule has 7 rings (SSSR count). The molecular formula is C34H30N2O6. The molecule has 6 aromatic rings. The molecular weight excluding hydrogens is 532 g/mol. The van der Waals surface area contributed by atoms with Crippen molar-refractivity contribution in [2.24, 2.45) is 7.05 Å². The summed E-state index contributed by atoms with van der Waals surface area (Å²) in [5.41, 5.74) is 2.44. The predicted molar refractivity (Wildman–Crippen MR) is 165 cm³/mol. The van der Waals surface area contributed by atoms with Gasteiger partial charge in [-0.1, -0.05) is 0 Å². The molecule has 4 aromatic carbocycles. The Hall–Kier alpha value is -4.98.